The highest BCUT2D eigenvalue weighted by atomic mass is 31.2. The van der Waals surface area contributed by atoms with Gasteiger partial charge in [0.1, 0.15) is 19.3 Å². The fourth-order valence-corrected chi connectivity index (χ4v) is 12.8. The molecule has 566 valence electrons. The van der Waals surface area contributed by atoms with Gasteiger partial charge in [-0.25, -0.2) is 9.13 Å². The van der Waals surface area contributed by atoms with E-state index in [-0.39, 0.29) is 25.7 Å². The summed E-state index contributed by atoms with van der Waals surface area (Å²) >= 11 is 0. The molecule has 0 spiro atoms. The van der Waals surface area contributed by atoms with Crippen LogP contribution in [0, 0.1) is 17.8 Å². The van der Waals surface area contributed by atoms with Crippen molar-refractivity contribution < 1.29 is 80.2 Å². The first-order chi connectivity index (χ1) is 46.3. The van der Waals surface area contributed by atoms with Crippen LogP contribution in [0.3, 0.4) is 0 Å². The molecular weight excluding hydrogens is 1260 g/mol. The Morgan fingerprint density at radius 1 is 0.344 bits per heavy atom. The fourth-order valence-electron chi connectivity index (χ4n) is 11.2. The van der Waals surface area contributed by atoms with Gasteiger partial charge in [-0.3, -0.25) is 37.3 Å². The minimum absolute atomic E-state index is 0.0950. The van der Waals surface area contributed by atoms with Crippen LogP contribution >= 0.6 is 15.6 Å². The molecule has 0 heterocycles. The van der Waals surface area contributed by atoms with Crippen molar-refractivity contribution in [2.24, 2.45) is 17.8 Å². The third-order valence-corrected chi connectivity index (χ3v) is 19.9. The van der Waals surface area contributed by atoms with Crippen molar-refractivity contribution >= 4 is 39.5 Å². The highest BCUT2D eigenvalue weighted by Gasteiger charge is 2.30. The average molecular weight is 1410 g/mol. The van der Waals surface area contributed by atoms with Crippen LogP contribution in [0.25, 0.3) is 0 Å². The molecule has 0 fully saturated rings. The van der Waals surface area contributed by atoms with Crippen LogP contribution in [0.2, 0.25) is 0 Å². The van der Waals surface area contributed by atoms with Gasteiger partial charge in [0.25, 0.3) is 0 Å². The number of ether oxygens (including phenoxy) is 4. The number of hydrogen-bond donors (Lipinski definition) is 3. The van der Waals surface area contributed by atoms with E-state index >= 15 is 0 Å². The number of allylic oxidation sites excluding steroid dienone is 4. The van der Waals surface area contributed by atoms with Gasteiger partial charge in [0, 0.05) is 25.7 Å². The maximum absolute atomic E-state index is 13.1. The van der Waals surface area contributed by atoms with Gasteiger partial charge < -0.3 is 33.8 Å². The molecule has 0 bridgehead atoms. The highest BCUT2D eigenvalue weighted by molar-refractivity contribution is 7.47. The van der Waals surface area contributed by atoms with Gasteiger partial charge in [-0.05, 0) is 69.1 Å². The monoisotopic (exact) mass is 1410 g/mol. The molecule has 4 unspecified atom stereocenters. The summed E-state index contributed by atoms with van der Waals surface area (Å²) in [5.41, 5.74) is 0. The number of carbonyl (C=O) groups excluding carboxylic acids is 4. The first-order valence-electron chi connectivity index (χ1n) is 39.2. The van der Waals surface area contributed by atoms with Crippen LogP contribution < -0.4 is 0 Å². The molecular formula is C77H146O17P2. The van der Waals surface area contributed by atoms with Gasteiger partial charge in [-0.15, -0.1) is 0 Å². The lowest BCUT2D eigenvalue weighted by atomic mass is 9.99. The zero-order valence-corrected chi connectivity index (χ0v) is 64.1. The van der Waals surface area contributed by atoms with Crippen LogP contribution in [-0.2, 0) is 65.4 Å². The molecule has 0 aliphatic rings. The Labute approximate surface area is 586 Å². The minimum atomic E-state index is -4.96. The lowest BCUT2D eigenvalue weighted by Crippen LogP contribution is -2.30. The maximum Gasteiger partial charge on any atom is 0.472 e. The van der Waals surface area contributed by atoms with Gasteiger partial charge in [-0.1, -0.05) is 317 Å². The van der Waals surface area contributed by atoms with Gasteiger partial charge in [-0.2, -0.15) is 0 Å². The molecule has 7 atom stereocenters. The Balaban J connectivity index is 5.17. The lowest BCUT2D eigenvalue weighted by molar-refractivity contribution is -0.161. The van der Waals surface area contributed by atoms with Gasteiger partial charge in [0.2, 0.25) is 0 Å². The second kappa shape index (κ2) is 67.1. The molecule has 3 N–H and O–H groups in total. The quantitative estimate of drug-likeness (QED) is 0.0169. The van der Waals surface area contributed by atoms with Gasteiger partial charge in [0.15, 0.2) is 12.2 Å². The molecule has 0 aromatic carbocycles. The largest absolute Gasteiger partial charge is 0.472 e. The third kappa shape index (κ3) is 67.4. The number of carbonyl (C=O) groups is 4. The lowest BCUT2D eigenvalue weighted by Gasteiger charge is -2.21. The summed E-state index contributed by atoms with van der Waals surface area (Å²) in [7, 11) is -9.92. The SMILES string of the molecule is CCCCCC/C=C\C=C/CCCCCCCC(=O)OC[C@H](COP(=O)(O)OC[C@@H](O)COP(=O)(O)OC[C@@H](COC(=O)CCCCCCCCC(C)CC)OC(=O)CCCCCCCCCCCCCCCCCCCCC(C)CC)OC(=O)CCCCCCCCC(C)C. The Morgan fingerprint density at radius 3 is 0.927 bits per heavy atom. The first-order valence-corrected chi connectivity index (χ1v) is 42.2. The Hall–Kier alpha value is -2.46. The molecule has 0 saturated carbocycles. The molecule has 96 heavy (non-hydrogen) atoms. The summed E-state index contributed by atoms with van der Waals surface area (Å²) in [6, 6.07) is 0. The summed E-state index contributed by atoms with van der Waals surface area (Å²) < 4.78 is 68.4. The van der Waals surface area contributed by atoms with E-state index in [2.05, 4.69) is 72.8 Å². The van der Waals surface area contributed by atoms with Crippen molar-refractivity contribution in [1.82, 2.24) is 0 Å². The smallest absolute Gasteiger partial charge is 0.462 e. The van der Waals surface area contributed by atoms with Crippen LogP contribution in [0.5, 0.6) is 0 Å². The van der Waals surface area contributed by atoms with E-state index in [4.69, 9.17) is 37.0 Å². The van der Waals surface area contributed by atoms with Crippen molar-refractivity contribution in [3.63, 3.8) is 0 Å². The van der Waals surface area contributed by atoms with E-state index in [1.54, 1.807) is 0 Å². The standard InChI is InChI=1S/C77H146O17P2/c1-8-11-12-13-14-15-16-17-22-26-29-32-35-44-51-58-74(79)87-64-73(94-77(82)61-54-47-39-37-41-48-55-68(4)5)67-92-96(85,86)90-63-71(78)62-89-95(83,84)91-66-72(65-88-75(80)59-52-45-40-38-43-50-57-70(7)10-3)93-76(81)60-53-46-36-33-30-27-24-21-19-18-20-23-25-28-31-34-42-49-56-69(6)9-2/h15-17,22,68-73,78H,8-14,18-21,23-67H2,1-7H3,(H,83,84)(H,85,86)/b16-15-,22-17-/t69?,70?,71-,72+,73+/m0/s1. The van der Waals surface area contributed by atoms with Gasteiger partial charge in [0.05, 0.1) is 26.4 Å². The van der Waals surface area contributed by atoms with Crippen molar-refractivity contribution in [2.45, 2.75) is 388 Å². The summed E-state index contributed by atoms with van der Waals surface area (Å²) in [4.78, 5) is 72.7. The van der Waals surface area contributed by atoms with Crippen molar-refractivity contribution in [3.8, 4) is 0 Å². The van der Waals surface area contributed by atoms with Crippen LogP contribution in [-0.4, -0.2) is 96.7 Å². The molecule has 17 nitrogen and oxygen atoms in total. The number of rotatable bonds is 73. The predicted octanol–water partition coefficient (Wildman–Crippen LogP) is 22.1. The zero-order chi connectivity index (χ0) is 70.9. The number of aliphatic hydroxyl groups excluding tert-OH is 1. The summed E-state index contributed by atoms with van der Waals surface area (Å²) in [6.45, 7) is 11.8. The number of hydrogen-bond acceptors (Lipinski definition) is 15. The molecule has 0 rings (SSSR count). The Kier molecular flexibility index (Phi) is 65.3. The Bertz CT molecular complexity index is 1970. The van der Waals surface area contributed by atoms with E-state index in [0.717, 1.165) is 127 Å². The Morgan fingerprint density at radius 2 is 0.615 bits per heavy atom. The molecule has 0 aliphatic carbocycles. The van der Waals surface area contributed by atoms with E-state index < -0.39 is 97.5 Å². The minimum Gasteiger partial charge on any atom is -0.462 e. The summed E-state index contributed by atoms with van der Waals surface area (Å²) in [5, 5.41) is 10.6. The van der Waals surface area contributed by atoms with E-state index in [0.29, 0.717) is 31.6 Å². The first kappa shape index (κ1) is 93.5. The zero-order valence-electron chi connectivity index (χ0n) is 62.3. The fraction of sp³-hybridized carbons (Fsp3) is 0.896. The maximum atomic E-state index is 13.1. The van der Waals surface area contributed by atoms with Crippen LogP contribution in [0.15, 0.2) is 24.3 Å². The number of unbranched alkanes of at least 4 members (excludes halogenated alkanes) is 36. The third-order valence-electron chi connectivity index (χ3n) is 18.0. The van der Waals surface area contributed by atoms with Crippen molar-refractivity contribution in [2.75, 3.05) is 39.6 Å². The highest BCUT2D eigenvalue weighted by Crippen LogP contribution is 2.45. The van der Waals surface area contributed by atoms with Crippen LogP contribution in [0.1, 0.15) is 370 Å². The number of phosphoric acid groups is 2. The number of aliphatic hydroxyl groups is 1. The second-order valence-corrected chi connectivity index (χ2v) is 30.9. The molecule has 0 aliphatic heterocycles. The normalized spacial score (nSPS) is 14.8. The topological polar surface area (TPSA) is 237 Å². The molecule has 19 heteroatoms. The van der Waals surface area contributed by atoms with Crippen molar-refractivity contribution in [3.05, 3.63) is 24.3 Å². The molecule has 0 aromatic rings. The van der Waals surface area contributed by atoms with Gasteiger partial charge >= 0.3 is 39.5 Å². The van der Waals surface area contributed by atoms with Crippen molar-refractivity contribution in [1.29, 1.82) is 0 Å². The van der Waals surface area contributed by atoms with E-state index in [1.165, 1.54) is 154 Å². The van der Waals surface area contributed by atoms with E-state index in [1.807, 2.05) is 0 Å². The molecule has 0 aromatic heterocycles. The summed E-state index contributed by atoms with van der Waals surface area (Å²) in [5.74, 6) is 0.110. The number of esters is 4. The average Bonchev–Trinajstić information content (AvgIpc) is 1.30. The van der Waals surface area contributed by atoms with Crippen LogP contribution in [0.4, 0.5) is 0 Å². The summed E-state index contributed by atoms with van der Waals surface area (Å²) in [6.07, 6.45) is 56.7. The number of phosphoric ester groups is 2. The second-order valence-electron chi connectivity index (χ2n) is 28.0. The predicted molar refractivity (Wildman–Crippen MR) is 390 cm³/mol. The van der Waals surface area contributed by atoms with E-state index in [9.17, 15) is 43.2 Å². The molecule has 0 amide bonds. The molecule has 0 radical (unpaired) electrons. The molecule has 0 saturated heterocycles.